The zero-order chi connectivity index (χ0) is 74.3. The van der Waals surface area contributed by atoms with Crippen molar-refractivity contribution in [3.05, 3.63) is 260 Å². The number of rotatable bonds is 27. The lowest BCUT2D eigenvalue weighted by atomic mass is 9.83. The molecular weight excluding hydrogens is 1360 g/mol. The highest BCUT2D eigenvalue weighted by Gasteiger charge is 2.28. The van der Waals surface area contributed by atoms with Crippen molar-refractivity contribution in [1.29, 1.82) is 0 Å². The Morgan fingerprint density at radius 2 is 0.895 bits per heavy atom. The maximum atomic E-state index is 13.1. The predicted octanol–water partition coefficient (Wildman–Crippen LogP) is 15.1. The van der Waals surface area contributed by atoms with Crippen molar-refractivity contribution in [2.75, 3.05) is 42.3 Å². The van der Waals surface area contributed by atoms with Crippen LogP contribution in [-0.2, 0) is 71.6 Å². The third-order valence-corrected chi connectivity index (χ3v) is 19.2. The molecule has 105 heavy (non-hydrogen) atoms. The Bertz CT molecular complexity index is 3950. The van der Waals surface area contributed by atoms with Gasteiger partial charge in [-0.05, 0) is 256 Å². The fraction of sp³-hybridized carbons (Fsp3) is 0.384. The molecule has 6 aromatic carbocycles. The summed E-state index contributed by atoms with van der Waals surface area (Å²) in [5, 5.41) is 18.9. The lowest BCUT2D eigenvalue weighted by Gasteiger charge is -2.26. The van der Waals surface area contributed by atoms with Crippen LogP contribution in [0.1, 0.15) is 163 Å². The number of ketones is 6. The SMILES string of the molecule is C.C.C.C.CNC(CC1=CCc2c(C)cccc21)C(C)=O.CNC(CC1=CCc2cc(F)ccc21)C(C)=O.CNC(CC1=CCc2ccc(Cl)cc21)C(C)=O.CN[C@@H](Cc1ccc(CP(=O)(O)O)cc1)C(C)=O.CN[C@@H](Cc1cccnc1)C(C)=O.CN[C@H](C(C)=O)C(c1ccccc1)c1ccccc1. The van der Waals surface area contributed by atoms with E-state index in [4.69, 9.17) is 21.4 Å². The number of aromatic nitrogens is 1. The van der Waals surface area contributed by atoms with Gasteiger partial charge >= 0.3 is 7.60 Å². The third kappa shape index (κ3) is 30.7. The van der Waals surface area contributed by atoms with Crippen LogP contribution in [0.4, 0.5) is 4.39 Å². The van der Waals surface area contributed by atoms with Gasteiger partial charge in [-0.3, -0.25) is 38.3 Å². The van der Waals surface area contributed by atoms with Gasteiger partial charge in [-0.1, -0.05) is 181 Å². The van der Waals surface area contributed by atoms with E-state index in [0.717, 1.165) is 76.1 Å². The van der Waals surface area contributed by atoms with Gasteiger partial charge in [-0.25, -0.2) is 4.39 Å². The maximum Gasteiger partial charge on any atom is 0.329 e. The first-order chi connectivity index (χ1) is 48.1. The number of pyridine rings is 1. The number of benzene rings is 6. The molecule has 0 saturated carbocycles. The van der Waals surface area contributed by atoms with Crippen LogP contribution in [0, 0.1) is 12.7 Å². The zero-order valence-corrected chi connectivity index (χ0v) is 62.3. The van der Waals surface area contributed by atoms with Gasteiger partial charge in [-0.2, -0.15) is 0 Å². The number of aryl methyl sites for hydroxylation is 1. The summed E-state index contributed by atoms with van der Waals surface area (Å²) in [5.41, 5.74) is 17.3. The quantitative estimate of drug-likeness (QED) is 0.0223. The molecule has 1 aromatic heterocycles. The van der Waals surface area contributed by atoms with E-state index in [1.807, 2.05) is 81.8 Å². The monoisotopic (exact) mass is 1480 g/mol. The molecule has 7 aromatic rings. The van der Waals surface area contributed by atoms with Gasteiger partial charge in [0.15, 0.2) is 0 Å². The molecule has 10 rings (SSSR count). The van der Waals surface area contributed by atoms with Crippen molar-refractivity contribution in [3.63, 3.8) is 0 Å². The average Bonchev–Trinajstić information content (AvgIpc) is 1.73. The van der Waals surface area contributed by atoms with Crippen LogP contribution in [0.2, 0.25) is 5.02 Å². The van der Waals surface area contributed by atoms with Crippen LogP contribution in [-0.4, -0.2) is 128 Å². The maximum absolute atomic E-state index is 13.1. The molecule has 16 nitrogen and oxygen atoms in total. The molecule has 3 unspecified atom stereocenters. The van der Waals surface area contributed by atoms with Crippen molar-refractivity contribution >= 4 is 70.6 Å². The normalized spacial score (nSPS) is 13.5. The summed E-state index contributed by atoms with van der Waals surface area (Å²) in [6.45, 7) is 11.8. The minimum absolute atomic E-state index is 0. The Kier molecular flexibility index (Phi) is 43.5. The van der Waals surface area contributed by atoms with Crippen molar-refractivity contribution < 1.29 is 47.5 Å². The van der Waals surface area contributed by atoms with Crippen molar-refractivity contribution in [1.82, 2.24) is 36.9 Å². The number of fused-ring (bicyclic) bond motifs is 3. The summed E-state index contributed by atoms with van der Waals surface area (Å²) in [6.07, 6.45) is 16.0. The van der Waals surface area contributed by atoms with Crippen LogP contribution in [0.25, 0.3) is 16.7 Å². The Hall–Kier alpha value is -8.16. The Morgan fingerprint density at radius 1 is 0.457 bits per heavy atom. The fourth-order valence-corrected chi connectivity index (χ4v) is 13.2. The van der Waals surface area contributed by atoms with Gasteiger partial charge in [0.2, 0.25) is 0 Å². The molecule has 0 amide bonds. The summed E-state index contributed by atoms with van der Waals surface area (Å²) >= 11 is 6.01. The highest BCUT2D eigenvalue weighted by Crippen LogP contribution is 2.39. The van der Waals surface area contributed by atoms with E-state index in [1.165, 1.54) is 52.0 Å². The first-order valence-corrected chi connectivity index (χ1v) is 36.2. The summed E-state index contributed by atoms with van der Waals surface area (Å²) < 4.78 is 23.9. The molecule has 6 atom stereocenters. The molecule has 0 fully saturated rings. The number of allylic oxidation sites excluding steroid dienone is 3. The molecule has 3 aliphatic carbocycles. The molecule has 8 N–H and O–H groups in total. The van der Waals surface area contributed by atoms with E-state index >= 15 is 0 Å². The van der Waals surface area contributed by atoms with Crippen molar-refractivity contribution in [2.24, 2.45) is 0 Å². The summed E-state index contributed by atoms with van der Waals surface area (Å²) in [4.78, 5) is 90.2. The molecule has 1 heterocycles. The third-order valence-electron chi connectivity index (χ3n) is 18.2. The number of likely N-dealkylation sites (N-methyl/N-ethyl adjacent to an activating group) is 6. The Labute approximate surface area is 631 Å². The second-order valence-corrected chi connectivity index (χ2v) is 27.5. The van der Waals surface area contributed by atoms with Crippen LogP contribution in [0.3, 0.4) is 0 Å². The topological polar surface area (TPSA) is 245 Å². The lowest BCUT2D eigenvalue weighted by Crippen LogP contribution is -2.38. The molecule has 570 valence electrons. The summed E-state index contributed by atoms with van der Waals surface area (Å²) in [7, 11) is 6.80. The number of nitrogens with one attached hydrogen (secondary N) is 6. The van der Waals surface area contributed by atoms with Gasteiger partial charge in [0, 0.05) is 23.3 Å². The number of hydrogen-bond donors (Lipinski definition) is 8. The van der Waals surface area contributed by atoms with Gasteiger partial charge in [0.25, 0.3) is 0 Å². The van der Waals surface area contributed by atoms with Crippen LogP contribution < -0.4 is 31.9 Å². The lowest BCUT2D eigenvalue weighted by molar-refractivity contribution is -0.119. The predicted molar refractivity (Wildman–Crippen MR) is 435 cm³/mol. The van der Waals surface area contributed by atoms with E-state index in [9.17, 15) is 37.7 Å². The van der Waals surface area contributed by atoms with E-state index in [1.54, 1.807) is 105 Å². The van der Waals surface area contributed by atoms with E-state index in [-0.39, 0.29) is 119 Å². The fourth-order valence-electron chi connectivity index (χ4n) is 12.4. The Balaban J connectivity index is 0.000000627. The molecule has 0 bridgehead atoms. The minimum Gasteiger partial charge on any atom is -0.324 e. The van der Waals surface area contributed by atoms with Gasteiger partial charge < -0.3 is 41.7 Å². The molecule has 0 aliphatic heterocycles. The van der Waals surface area contributed by atoms with Crippen molar-refractivity contribution in [2.45, 2.75) is 178 Å². The average molecular weight is 1480 g/mol. The molecular formula is C86H118ClFN7O9P. The molecule has 0 radical (unpaired) electrons. The standard InChI is InChI=1S/C17H19NO.C15H19NO.C14H16ClNO.C14H16FNO.C12H18NO4P.C10H14N2O.4CH4/c1-13(19)17(18-2)16(14-9-5-3-6-10-14)15-11-7-4-8-12-15;1-10-5-4-6-14-12(7-8-13(10)14)9-15(16-3)11(2)17;1-9(17)14(16-2)7-11-4-3-10-5-6-12(15)8-13(10)11;1-9(17)14(16-2)8-11-4-3-10-7-12(15)5-6-13(10)11;1-9(14)12(13-2)7-10-3-5-11(6-4-10)8-18(15,16)17;1-8(13)10(11-2)6-9-4-3-5-12-7-9;;;;/h3-12,16-18H,1-2H3;4-7,15-16H,8-9H2,1-3H3;4-6,8,14,16H,3,7H2,1-2H3;4-7,14,16H,3,8H2,1-2H3;3-6,12-13H,7-8H2,1-2H3,(H2,15,16,17);3-5,7,10-11H,6H2,1-2H3;4*1H4/t17-;;;;12-;10-;;;;/m1...00..../s1. The number of carbonyl (C=O) groups excluding carboxylic acids is 6. The molecule has 0 saturated heterocycles. The zero-order valence-electron chi connectivity index (χ0n) is 60.6. The molecule has 3 aliphatic rings. The van der Waals surface area contributed by atoms with Crippen molar-refractivity contribution in [3.8, 4) is 0 Å². The second kappa shape index (κ2) is 48.1. The van der Waals surface area contributed by atoms with Crippen LogP contribution in [0.15, 0.2) is 182 Å². The highest BCUT2D eigenvalue weighted by molar-refractivity contribution is 7.50. The van der Waals surface area contributed by atoms with E-state index < -0.39 is 7.60 Å². The number of hydrogen-bond acceptors (Lipinski definition) is 14. The van der Waals surface area contributed by atoms with Crippen LogP contribution in [0.5, 0.6) is 0 Å². The van der Waals surface area contributed by atoms with Gasteiger partial charge in [0.1, 0.15) is 40.5 Å². The van der Waals surface area contributed by atoms with Crippen LogP contribution >= 0.6 is 19.2 Å². The number of nitrogens with zero attached hydrogens (tertiary/aromatic N) is 1. The Morgan fingerprint density at radius 3 is 1.33 bits per heavy atom. The smallest absolute Gasteiger partial charge is 0.324 e. The largest absolute Gasteiger partial charge is 0.329 e. The van der Waals surface area contributed by atoms with Gasteiger partial charge in [-0.15, -0.1) is 0 Å². The number of carbonyl (C=O) groups is 6. The van der Waals surface area contributed by atoms with E-state index in [0.29, 0.717) is 24.8 Å². The van der Waals surface area contributed by atoms with E-state index in [2.05, 4.69) is 111 Å². The van der Waals surface area contributed by atoms with Gasteiger partial charge in [0.05, 0.1) is 42.4 Å². The first kappa shape index (κ1) is 94.9. The second-order valence-electron chi connectivity index (χ2n) is 25.5. The minimum atomic E-state index is -4.02. The molecule has 0 spiro atoms. The first-order valence-electron chi connectivity index (χ1n) is 34.1. The summed E-state index contributed by atoms with van der Waals surface area (Å²) in [5.74, 6) is 0.728. The molecule has 19 heteroatoms. The highest BCUT2D eigenvalue weighted by atomic mass is 35.5. The summed E-state index contributed by atoms with van der Waals surface area (Å²) in [6, 6.07) is 47.5. The number of halogens is 2. The number of Topliss-reactive ketones (excluding diaryl/α,β-unsaturated/α-hetero) is 6.